The fraction of sp³-hybridized carbons (Fsp3) is 0.174. The molecule has 1 unspecified atom stereocenters. The molecular formula is C23H21N5O. The van der Waals surface area contributed by atoms with Crippen molar-refractivity contribution in [2.75, 3.05) is 18.5 Å². The van der Waals surface area contributed by atoms with Crippen LogP contribution in [0.2, 0.25) is 0 Å². The first-order valence-corrected chi connectivity index (χ1v) is 9.64. The molecule has 0 aliphatic carbocycles. The summed E-state index contributed by atoms with van der Waals surface area (Å²) in [7, 11) is 2.05. The van der Waals surface area contributed by atoms with Crippen molar-refractivity contribution in [2.45, 2.75) is 12.8 Å². The van der Waals surface area contributed by atoms with Gasteiger partial charge in [0.15, 0.2) is 11.4 Å². The standard InChI is InChI=1S/C23H21N5O/c1-16(18-7-5-11-24-13-18)15-27(2)23-10-9-22-25-14-19(28(22)26-23)21-12-17-6-3-4-8-20(17)29-21/h3-14,16H,15H2,1-2H3. The second-order valence-corrected chi connectivity index (χ2v) is 7.32. The van der Waals surface area contributed by atoms with Crippen molar-refractivity contribution in [1.29, 1.82) is 0 Å². The van der Waals surface area contributed by atoms with E-state index in [1.807, 2.05) is 65.4 Å². The zero-order valence-electron chi connectivity index (χ0n) is 16.4. The molecule has 0 amide bonds. The van der Waals surface area contributed by atoms with Crippen molar-refractivity contribution < 1.29 is 4.42 Å². The molecule has 0 radical (unpaired) electrons. The molecule has 0 fully saturated rings. The summed E-state index contributed by atoms with van der Waals surface area (Å²) in [6.45, 7) is 3.03. The summed E-state index contributed by atoms with van der Waals surface area (Å²) in [6.07, 6.45) is 5.53. The number of benzene rings is 1. The van der Waals surface area contributed by atoms with Gasteiger partial charge in [0.1, 0.15) is 17.1 Å². The molecule has 4 heterocycles. The Morgan fingerprint density at radius 2 is 1.97 bits per heavy atom. The van der Waals surface area contributed by atoms with E-state index in [-0.39, 0.29) is 0 Å². The molecule has 0 aliphatic heterocycles. The Labute approximate surface area is 168 Å². The zero-order valence-corrected chi connectivity index (χ0v) is 16.4. The maximum atomic E-state index is 6.02. The quantitative estimate of drug-likeness (QED) is 0.437. The first-order chi connectivity index (χ1) is 14.2. The molecule has 0 spiro atoms. The number of rotatable bonds is 5. The van der Waals surface area contributed by atoms with Crippen molar-refractivity contribution in [3.05, 3.63) is 78.8 Å². The molecule has 1 atom stereocenters. The zero-order chi connectivity index (χ0) is 19.8. The van der Waals surface area contributed by atoms with E-state index in [1.54, 1.807) is 6.20 Å². The number of hydrogen-bond acceptors (Lipinski definition) is 5. The van der Waals surface area contributed by atoms with Crippen molar-refractivity contribution in [3.8, 4) is 11.5 Å². The number of para-hydroxylation sites is 1. The first-order valence-electron chi connectivity index (χ1n) is 9.64. The molecule has 0 aliphatic rings. The van der Waals surface area contributed by atoms with Crippen LogP contribution in [0.5, 0.6) is 0 Å². The highest BCUT2D eigenvalue weighted by Crippen LogP contribution is 2.28. The maximum absolute atomic E-state index is 6.02. The molecule has 5 rings (SSSR count). The predicted octanol–water partition coefficient (Wildman–Crippen LogP) is 4.78. The van der Waals surface area contributed by atoms with Gasteiger partial charge in [-0.25, -0.2) is 9.50 Å². The molecule has 0 saturated carbocycles. The third kappa shape index (κ3) is 3.23. The number of nitrogens with zero attached hydrogens (tertiary/aromatic N) is 5. The van der Waals surface area contributed by atoms with Crippen LogP contribution in [0.4, 0.5) is 5.82 Å². The van der Waals surface area contributed by atoms with Gasteiger partial charge in [-0.1, -0.05) is 31.2 Å². The third-order valence-corrected chi connectivity index (χ3v) is 5.22. The van der Waals surface area contributed by atoms with E-state index in [0.717, 1.165) is 40.4 Å². The van der Waals surface area contributed by atoms with E-state index in [2.05, 4.69) is 34.9 Å². The summed E-state index contributed by atoms with van der Waals surface area (Å²) in [4.78, 5) is 10.9. The van der Waals surface area contributed by atoms with Gasteiger partial charge in [0.25, 0.3) is 0 Å². The number of aromatic nitrogens is 4. The van der Waals surface area contributed by atoms with Crippen molar-refractivity contribution in [2.24, 2.45) is 0 Å². The lowest BCUT2D eigenvalue weighted by Crippen LogP contribution is -2.24. The third-order valence-electron chi connectivity index (χ3n) is 5.22. The number of pyridine rings is 1. The van der Waals surface area contributed by atoms with E-state index in [9.17, 15) is 0 Å². The number of hydrogen-bond donors (Lipinski definition) is 0. The van der Waals surface area contributed by atoms with Crippen LogP contribution in [0.3, 0.4) is 0 Å². The Bertz CT molecular complexity index is 1240. The van der Waals surface area contributed by atoms with Crippen LogP contribution >= 0.6 is 0 Å². The summed E-state index contributed by atoms with van der Waals surface area (Å²) in [5.74, 6) is 1.97. The normalized spacial score (nSPS) is 12.5. The fourth-order valence-corrected chi connectivity index (χ4v) is 3.62. The van der Waals surface area contributed by atoms with E-state index in [0.29, 0.717) is 5.92 Å². The highest BCUT2D eigenvalue weighted by molar-refractivity contribution is 5.82. The van der Waals surface area contributed by atoms with Gasteiger partial charge < -0.3 is 9.32 Å². The van der Waals surface area contributed by atoms with Gasteiger partial charge in [0.05, 0.1) is 6.20 Å². The highest BCUT2D eigenvalue weighted by Gasteiger charge is 2.15. The highest BCUT2D eigenvalue weighted by atomic mass is 16.3. The largest absolute Gasteiger partial charge is 0.454 e. The van der Waals surface area contributed by atoms with Crippen LogP contribution < -0.4 is 4.90 Å². The van der Waals surface area contributed by atoms with Gasteiger partial charge in [-0.05, 0) is 35.9 Å². The number of furan rings is 1. The number of likely N-dealkylation sites (N-methyl/N-ethyl adjacent to an activating group) is 1. The molecule has 5 aromatic rings. The molecule has 0 saturated heterocycles. The van der Waals surface area contributed by atoms with Gasteiger partial charge in [-0.15, -0.1) is 5.10 Å². The molecule has 29 heavy (non-hydrogen) atoms. The Morgan fingerprint density at radius 3 is 2.79 bits per heavy atom. The van der Waals surface area contributed by atoms with Gasteiger partial charge in [0.2, 0.25) is 0 Å². The lowest BCUT2D eigenvalue weighted by atomic mass is 10.0. The average Bonchev–Trinajstić information content (AvgIpc) is 3.37. The minimum atomic E-state index is 0.337. The second-order valence-electron chi connectivity index (χ2n) is 7.32. The van der Waals surface area contributed by atoms with Crippen molar-refractivity contribution in [1.82, 2.24) is 19.6 Å². The summed E-state index contributed by atoms with van der Waals surface area (Å²) >= 11 is 0. The van der Waals surface area contributed by atoms with E-state index >= 15 is 0 Å². The number of imidazole rings is 1. The van der Waals surface area contributed by atoms with Crippen LogP contribution in [0.25, 0.3) is 28.1 Å². The fourth-order valence-electron chi connectivity index (χ4n) is 3.62. The van der Waals surface area contributed by atoms with Crippen LogP contribution in [0, 0.1) is 0 Å². The van der Waals surface area contributed by atoms with Crippen molar-refractivity contribution in [3.63, 3.8) is 0 Å². The summed E-state index contributed by atoms with van der Waals surface area (Å²) in [5, 5.41) is 5.90. The Kier molecular flexibility index (Phi) is 4.24. The van der Waals surface area contributed by atoms with Crippen molar-refractivity contribution >= 4 is 22.4 Å². The second kappa shape index (κ2) is 7.05. The van der Waals surface area contributed by atoms with Gasteiger partial charge in [-0.3, -0.25) is 4.98 Å². The molecule has 0 bridgehead atoms. The predicted molar refractivity (Wildman–Crippen MR) is 114 cm³/mol. The van der Waals surface area contributed by atoms with E-state index in [1.165, 1.54) is 5.56 Å². The lowest BCUT2D eigenvalue weighted by molar-refractivity contribution is 0.625. The maximum Gasteiger partial charge on any atom is 0.155 e. The van der Waals surface area contributed by atoms with Crippen LogP contribution in [0.1, 0.15) is 18.4 Å². The number of anilines is 1. The SMILES string of the molecule is CC(CN(C)c1ccc2ncc(-c3cc4ccccc4o3)n2n1)c1cccnc1. The first kappa shape index (κ1) is 17.4. The Morgan fingerprint density at radius 1 is 1.07 bits per heavy atom. The minimum absolute atomic E-state index is 0.337. The van der Waals surface area contributed by atoms with Crippen LogP contribution in [-0.2, 0) is 0 Å². The molecule has 6 nitrogen and oxygen atoms in total. The van der Waals surface area contributed by atoms with Gasteiger partial charge in [-0.2, -0.15) is 0 Å². The monoisotopic (exact) mass is 383 g/mol. The topological polar surface area (TPSA) is 59.5 Å². The average molecular weight is 383 g/mol. The molecule has 144 valence electrons. The molecule has 6 heteroatoms. The van der Waals surface area contributed by atoms with Crippen LogP contribution in [0.15, 0.2) is 77.6 Å². The van der Waals surface area contributed by atoms with Gasteiger partial charge in [0, 0.05) is 37.3 Å². The molecule has 1 aromatic carbocycles. The Balaban J connectivity index is 1.47. The number of fused-ring (bicyclic) bond motifs is 2. The van der Waals surface area contributed by atoms with E-state index < -0.39 is 0 Å². The smallest absolute Gasteiger partial charge is 0.155 e. The summed E-state index contributed by atoms with van der Waals surface area (Å²) in [5.41, 5.74) is 3.70. The van der Waals surface area contributed by atoms with Crippen LogP contribution in [-0.4, -0.2) is 33.2 Å². The molecular weight excluding hydrogens is 362 g/mol. The Hall–Kier alpha value is -3.67. The summed E-state index contributed by atoms with van der Waals surface area (Å²) in [6, 6.07) is 18.1. The lowest BCUT2D eigenvalue weighted by Gasteiger charge is -2.22. The van der Waals surface area contributed by atoms with Gasteiger partial charge >= 0.3 is 0 Å². The summed E-state index contributed by atoms with van der Waals surface area (Å²) < 4.78 is 7.87. The molecule has 0 N–H and O–H groups in total. The minimum Gasteiger partial charge on any atom is -0.454 e. The van der Waals surface area contributed by atoms with E-state index in [4.69, 9.17) is 9.52 Å². The molecule has 4 aromatic heterocycles.